The predicted molar refractivity (Wildman–Crippen MR) is 75.2 cm³/mol. The van der Waals surface area contributed by atoms with Crippen molar-refractivity contribution in [2.75, 3.05) is 6.54 Å². The van der Waals surface area contributed by atoms with Crippen LogP contribution >= 0.6 is 15.2 Å². The molecule has 0 spiro atoms. The topological polar surface area (TPSA) is 262 Å². The molecule has 0 aromatic carbocycles. The zero-order valence-electron chi connectivity index (χ0n) is 11.7. The van der Waals surface area contributed by atoms with Crippen molar-refractivity contribution in [2.24, 2.45) is 11.5 Å². The van der Waals surface area contributed by atoms with E-state index in [-0.39, 0.29) is 13.0 Å². The van der Waals surface area contributed by atoms with Gasteiger partial charge in [-0.3, -0.25) is 18.7 Å². The van der Waals surface area contributed by atoms with Crippen LogP contribution in [0.5, 0.6) is 0 Å². The van der Waals surface area contributed by atoms with Gasteiger partial charge in [0.2, 0.25) is 0 Å². The molecule has 1 atom stereocenters. The summed E-state index contributed by atoms with van der Waals surface area (Å²) in [6.45, 7) is -0.0394. The van der Waals surface area contributed by atoms with Crippen LogP contribution in [-0.4, -0.2) is 64.5 Å². The summed E-state index contributed by atoms with van der Waals surface area (Å²) in [4.78, 5) is 54.1. The second kappa shape index (κ2) is 9.42. The van der Waals surface area contributed by atoms with Gasteiger partial charge in [0.05, 0.1) is 6.42 Å². The van der Waals surface area contributed by atoms with E-state index >= 15 is 0 Å². The Morgan fingerprint density at radius 2 is 1.43 bits per heavy atom. The highest BCUT2D eigenvalue weighted by molar-refractivity contribution is 7.72. The fourth-order valence-electron chi connectivity index (χ4n) is 1.08. The van der Waals surface area contributed by atoms with Crippen molar-refractivity contribution < 1.29 is 53.6 Å². The van der Waals surface area contributed by atoms with E-state index in [1.54, 1.807) is 0 Å². The van der Waals surface area contributed by atoms with Gasteiger partial charge in [0, 0.05) is 6.42 Å². The third-order valence-electron chi connectivity index (χ3n) is 2.36. The Balaban J connectivity index is 0. The van der Waals surface area contributed by atoms with Gasteiger partial charge in [-0.15, -0.1) is 0 Å². The first-order valence-corrected chi connectivity index (χ1v) is 9.06. The van der Waals surface area contributed by atoms with Gasteiger partial charge in [-0.25, -0.2) is 0 Å². The van der Waals surface area contributed by atoms with Crippen molar-refractivity contribution in [1.29, 1.82) is 0 Å². The molecule has 0 aliphatic rings. The molecule has 15 heteroatoms. The van der Waals surface area contributed by atoms with Crippen LogP contribution in [0.25, 0.3) is 0 Å². The maximum atomic E-state index is 10.7. The third kappa shape index (κ3) is 8.51. The van der Waals surface area contributed by atoms with E-state index in [1.807, 2.05) is 0 Å². The van der Waals surface area contributed by atoms with E-state index in [2.05, 4.69) is 0 Å². The average Bonchev–Trinajstić information content (AvgIpc) is 2.32. The summed E-state index contributed by atoms with van der Waals surface area (Å²) in [5, 5.41) is 21.9. The second-order valence-electron chi connectivity index (χ2n) is 4.30. The Morgan fingerprint density at radius 3 is 1.61 bits per heavy atom. The van der Waals surface area contributed by atoms with Gasteiger partial charge in [0.25, 0.3) is 5.08 Å². The zero-order valence-corrected chi connectivity index (χ0v) is 13.5. The summed E-state index contributed by atoms with van der Waals surface area (Å²) in [5.41, 5.74) is 9.84. The highest BCUT2D eigenvalue weighted by Gasteiger charge is 2.58. The molecule has 138 valence electrons. The van der Waals surface area contributed by atoms with Gasteiger partial charge < -0.3 is 46.4 Å². The van der Waals surface area contributed by atoms with Crippen molar-refractivity contribution in [3.63, 3.8) is 0 Å². The molecular formula is C8H20N2O11P2. The smallest absolute Gasteiger partial charge is 0.369 e. The van der Waals surface area contributed by atoms with Crippen LogP contribution < -0.4 is 11.5 Å². The summed E-state index contributed by atoms with van der Waals surface area (Å²) >= 11 is 0. The molecule has 23 heavy (non-hydrogen) atoms. The summed E-state index contributed by atoms with van der Waals surface area (Å²) in [5.74, 6) is -2.50. The van der Waals surface area contributed by atoms with Crippen LogP contribution in [0.1, 0.15) is 19.3 Å². The quantitative estimate of drug-likeness (QED) is 0.198. The van der Waals surface area contributed by atoms with Crippen molar-refractivity contribution in [1.82, 2.24) is 0 Å². The number of rotatable bonds is 8. The molecule has 1 unspecified atom stereocenters. The molecule has 0 fully saturated rings. The van der Waals surface area contributed by atoms with Gasteiger partial charge in [0.1, 0.15) is 6.04 Å². The molecule has 0 radical (unpaired) electrons. The molecule has 0 aromatic rings. The van der Waals surface area contributed by atoms with Gasteiger partial charge in [-0.2, -0.15) is 0 Å². The predicted octanol–water partition coefficient (Wildman–Crippen LogP) is -2.40. The number of carboxylic acids is 2. The van der Waals surface area contributed by atoms with Crippen LogP contribution in [0.2, 0.25) is 0 Å². The molecule has 0 amide bonds. The fraction of sp³-hybridized carbons (Fsp3) is 0.750. The van der Waals surface area contributed by atoms with Crippen LogP contribution in [-0.2, 0) is 18.7 Å². The molecule has 0 aliphatic carbocycles. The molecular weight excluding hydrogens is 362 g/mol. The van der Waals surface area contributed by atoms with E-state index in [0.717, 1.165) is 0 Å². The van der Waals surface area contributed by atoms with Crippen LogP contribution in [0.4, 0.5) is 0 Å². The van der Waals surface area contributed by atoms with Crippen molar-refractivity contribution >= 4 is 27.1 Å². The molecule has 0 aromatic heterocycles. The molecule has 0 aliphatic heterocycles. The van der Waals surface area contributed by atoms with Gasteiger partial charge in [-0.05, 0) is 13.0 Å². The van der Waals surface area contributed by atoms with E-state index in [0.29, 0.717) is 0 Å². The number of nitrogens with two attached hydrogens (primary N) is 2. The summed E-state index contributed by atoms with van der Waals surface area (Å²) in [6, 6.07) is -1.29. The Kier molecular flexibility index (Phi) is 9.99. The third-order valence-corrected chi connectivity index (χ3v) is 6.24. The molecule has 0 saturated heterocycles. The molecule has 0 rings (SSSR count). The molecule has 13 nitrogen and oxygen atoms in total. The highest BCUT2D eigenvalue weighted by Crippen LogP contribution is 2.69. The largest absolute Gasteiger partial charge is 0.481 e. The SMILES string of the molecule is NC(CC(=O)O)C(=O)O.NCCCC(O)(P(=O)(O)O)P(=O)(O)O. The maximum Gasteiger partial charge on any atom is 0.369 e. The minimum absolute atomic E-state index is 0.0394. The first-order chi connectivity index (χ1) is 10.1. The number of hydrogen-bond acceptors (Lipinski definition) is 7. The number of aliphatic hydroxyl groups is 1. The van der Waals surface area contributed by atoms with Gasteiger partial charge >= 0.3 is 27.1 Å². The molecule has 0 heterocycles. The lowest BCUT2D eigenvalue weighted by atomic mass is 10.2. The first kappa shape index (κ1) is 24.4. The summed E-state index contributed by atoms with van der Waals surface area (Å²) in [7, 11) is -10.6. The number of carboxylic acid groups (broad SMARTS) is 2. The van der Waals surface area contributed by atoms with Crippen LogP contribution in [0, 0.1) is 0 Å². The Bertz CT molecular complexity index is 476. The minimum Gasteiger partial charge on any atom is -0.481 e. The molecule has 0 bridgehead atoms. The standard InChI is InChI=1S/C4H13NO7P2.C4H7NO4/c5-3-1-2-4(6,13(7,8)9)14(10,11)12;5-2(4(8)9)1-3(6)7/h6H,1-3,5H2,(H2,7,8,9)(H2,10,11,12);2H,1,5H2,(H,6,7)(H,8,9). The fourth-order valence-corrected chi connectivity index (χ4v) is 3.33. The van der Waals surface area contributed by atoms with E-state index in [1.165, 1.54) is 0 Å². The van der Waals surface area contributed by atoms with E-state index in [4.69, 9.17) is 41.3 Å². The Labute approximate surface area is 130 Å². The lowest BCUT2D eigenvalue weighted by Gasteiger charge is -2.28. The van der Waals surface area contributed by atoms with Gasteiger partial charge in [0.15, 0.2) is 0 Å². The second-order valence-corrected chi connectivity index (χ2v) is 8.31. The monoisotopic (exact) mass is 382 g/mol. The van der Waals surface area contributed by atoms with E-state index in [9.17, 15) is 23.8 Å². The lowest BCUT2D eigenvalue weighted by molar-refractivity contribution is -0.144. The maximum absolute atomic E-state index is 10.7. The lowest BCUT2D eigenvalue weighted by Crippen LogP contribution is -2.32. The minimum atomic E-state index is -5.30. The van der Waals surface area contributed by atoms with Crippen molar-refractivity contribution in [3.05, 3.63) is 0 Å². The zero-order chi connectivity index (χ0) is 19.1. The Morgan fingerprint density at radius 1 is 1.04 bits per heavy atom. The summed E-state index contributed by atoms with van der Waals surface area (Å²) < 4.78 is 21.4. The summed E-state index contributed by atoms with van der Waals surface area (Å²) in [6.07, 6.45) is -1.39. The van der Waals surface area contributed by atoms with Crippen LogP contribution in [0.15, 0.2) is 0 Å². The van der Waals surface area contributed by atoms with Gasteiger partial charge in [-0.1, -0.05) is 0 Å². The first-order valence-electron chi connectivity index (χ1n) is 5.84. The Hall–Kier alpha value is -0.880. The number of hydrogen-bond donors (Lipinski definition) is 9. The van der Waals surface area contributed by atoms with Crippen molar-refractivity contribution in [2.45, 2.75) is 30.4 Å². The normalized spacial score (nSPS) is 13.7. The van der Waals surface area contributed by atoms with Crippen LogP contribution in [0.3, 0.4) is 0 Å². The number of carbonyl (C=O) groups is 2. The molecule has 11 N–H and O–H groups in total. The number of aliphatic carboxylic acids is 2. The van der Waals surface area contributed by atoms with E-state index < -0.39 is 51.1 Å². The van der Waals surface area contributed by atoms with Crippen molar-refractivity contribution in [3.8, 4) is 0 Å². The highest BCUT2D eigenvalue weighted by atomic mass is 31.2. The molecule has 0 saturated carbocycles. The average molecular weight is 382 g/mol.